The van der Waals surface area contributed by atoms with E-state index in [1.807, 2.05) is 6.92 Å². The average Bonchev–Trinajstić information content (AvgIpc) is 2.68. The minimum Gasteiger partial charge on any atom is -0.379 e. The van der Waals surface area contributed by atoms with Gasteiger partial charge in [-0.15, -0.1) is 24.0 Å². The lowest BCUT2D eigenvalue weighted by Crippen LogP contribution is -2.60. The predicted molar refractivity (Wildman–Crippen MR) is 116 cm³/mol. The summed E-state index contributed by atoms with van der Waals surface area (Å²) < 4.78 is 5.54. The topological polar surface area (TPSA) is 78.0 Å². The van der Waals surface area contributed by atoms with Crippen LogP contribution in [0.25, 0.3) is 0 Å². The van der Waals surface area contributed by atoms with Crippen LogP contribution < -0.4 is 16.0 Å². The second kappa shape index (κ2) is 12.7. The first-order valence-corrected chi connectivity index (χ1v) is 9.74. The van der Waals surface area contributed by atoms with Crippen molar-refractivity contribution in [3.8, 4) is 0 Å². The summed E-state index contributed by atoms with van der Waals surface area (Å²) in [6.07, 6.45) is 7.27. The van der Waals surface area contributed by atoms with Gasteiger partial charge < -0.3 is 20.7 Å². The normalized spacial score (nSPS) is 20.8. The molecule has 2 aliphatic rings. The zero-order valence-electron chi connectivity index (χ0n) is 16.3. The Morgan fingerprint density at radius 1 is 1.12 bits per heavy atom. The van der Waals surface area contributed by atoms with E-state index in [9.17, 15) is 4.79 Å². The number of guanidine groups is 1. The molecule has 0 radical (unpaired) electrons. The quantitative estimate of drug-likeness (QED) is 0.291. The van der Waals surface area contributed by atoms with Crippen LogP contribution in [0.1, 0.15) is 45.4 Å². The first-order valence-electron chi connectivity index (χ1n) is 9.74. The van der Waals surface area contributed by atoms with E-state index in [0.29, 0.717) is 12.5 Å². The molecule has 26 heavy (non-hydrogen) atoms. The van der Waals surface area contributed by atoms with E-state index in [0.717, 1.165) is 39.3 Å². The molecule has 0 unspecified atom stereocenters. The molecular formula is C18H36IN5O2. The molecule has 8 heteroatoms. The molecule has 0 bridgehead atoms. The number of hydrogen-bond acceptors (Lipinski definition) is 4. The van der Waals surface area contributed by atoms with Gasteiger partial charge in [0.2, 0.25) is 5.91 Å². The molecule has 152 valence electrons. The highest BCUT2D eigenvalue weighted by molar-refractivity contribution is 14.0. The summed E-state index contributed by atoms with van der Waals surface area (Å²) >= 11 is 0. The number of rotatable bonds is 7. The monoisotopic (exact) mass is 481 g/mol. The Hall–Kier alpha value is -0.610. The van der Waals surface area contributed by atoms with Crippen molar-refractivity contribution in [2.75, 3.05) is 53.0 Å². The van der Waals surface area contributed by atoms with Gasteiger partial charge in [0.1, 0.15) is 0 Å². The standard InChI is InChI=1S/C18H35N5O2.HI/c1-3-9-20-16(24)14-21-17(19-2)22-15-18(7-5-4-6-8-18)23-10-12-25-13-11-23;/h3-15H2,1-2H3,(H,20,24)(H2,19,21,22);1H. The summed E-state index contributed by atoms with van der Waals surface area (Å²) in [5.74, 6) is 0.704. The molecule has 2 rings (SSSR count). The van der Waals surface area contributed by atoms with Crippen molar-refractivity contribution in [1.29, 1.82) is 0 Å². The Balaban J connectivity index is 0.00000338. The van der Waals surface area contributed by atoms with E-state index in [-0.39, 0.29) is 42.0 Å². The maximum absolute atomic E-state index is 11.8. The van der Waals surface area contributed by atoms with Crippen LogP contribution in [0.4, 0.5) is 0 Å². The number of hydrogen-bond donors (Lipinski definition) is 3. The van der Waals surface area contributed by atoms with E-state index in [4.69, 9.17) is 4.74 Å². The van der Waals surface area contributed by atoms with Crippen LogP contribution in [-0.2, 0) is 9.53 Å². The molecule has 3 N–H and O–H groups in total. The van der Waals surface area contributed by atoms with Gasteiger partial charge >= 0.3 is 0 Å². The third-order valence-electron chi connectivity index (χ3n) is 5.26. The summed E-state index contributed by atoms with van der Waals surface area (Å²) in [6, 6.07) is 0. The van der Waals surface area contributed by atoms with Gasteiger partial charge in [-0.25, -0.2) is 0 Å². The Morgan fingerprint density at radius 2 is 1.81 bits per heavy atom. The molecule has 0 spiro atoms. The minimum absolute atomic E-state index is 0. The summed E-state index contributed by atoms with van der Waals surface area (Å²) in [5, 5.41) is 9.46. The lowest BCUT2D eigenvalue weighted by Gasteiger charge is -2.48. The molecule has 0 aromatic carbocycles. The fraction of sp³-hybridized carbons (Fsp3) is 0.889. The van der Waals surface area contributed by atoms with Crippen molar-refractivity contribution >= 4 is 35.8 Å². The van der Waals surface area contributed by atoms with Gasteiger partial charge in [0.05, 0.1) is 19.8 Å². The molecule has 1 aliphatic carbocycles. The predicted octanol–water partition coefficient (Wildman–Crippen LogP) is 1.33. The number of carbonyl (C=O) groups is 1. The number of ether oxygens (including phenoxy) is 1. The molecular weight excluding hydrogens is 445 g/mol. The highest BCUT2D eigenvalue weighted by atomic mass is 127. The van der Waals surface area contributed by atoms with Crippen molar-refractivity contribution in [3.05, 3.63) is 0 Å². The second-order valence-corrected chi connectivity index (χ2v) is 7.01. The van der Waals surface area contributed by atoms with E-state index >= 15 is 0 Å². The van der Waals surface area contributed by atoms with Gasteiger partial charge in [0.15, 0.2) is 5.96 Å². The lowest BCUT2D eigenvalue weighted by atomic mass is 9.80. The van der Waals surface area contributed by atoms with E-state index < -0.39 is 0 Å². The zero-order valence-corrected chi connectivity index (χ0v) is 18.6. The van der Waals surface area contributed by atoms with Gasteiger partial charge in [-0.2, -0.15) is 0 Å². The first kappa shape index (κ1) is 23.4. The summed E-state index contributed by atoms with van der Waals surface area (Å²) in [7, 11) is 1.75. The SMILES string of the molecule is CCCNC(=O)CNC(=NC)NCC1(N2CCOCC2)CCCCC1.I. The number of nitrogens with one attached hydrogen (secondary N) is 3. The van der Waals surface area contributed by atoms with Crippen molar-refractivity contribution < 1.29 is 9.53 Å². The van der Waals surface area contributed by atoms with E-state index in [2.05, 4.69) is 25.8 Å². The maximum atomic E-state index is 11.8. The Bertz CT molecular complexity index is 435. The van der Waals surface area contributed by atoms with Gasteiger partial charge in [-0.05, 0) is 19.3 Å². The van der Waals surface area contributed by atoms with Gasteiger partial charge in [-0.1, -0.05) is 26.2 Å². The molecule has 7 nitrogen and oxygen atoms in total. The van der Waals surface area contributed by atoms with Crippen LogP contribution >= 0.6 is 24.0 Å². The van der Waals surface area contributed by atoms with Gasteiger partial charge in [0, 0.05) is 38.8 Å². The maximum Gasteiger partial charge on any atom is 0.239 e. The van der Waals surface area contributed by atoms with Crippen LogP contribution in [0.15, 0.2) is 4.99 Å². The number of morpholine rings is 1. The van der Waals surface area contributed by atoms with Crippen LogP contribution in [0.3, 0.4) is 0 Å². The van der Waals surface area contributed by atoms with E-state index in [1.54, 1.807) is 7.05 Å². The zero-order chi connectivity index (χ0) is 18.0. The average molecular weight is 481 g/mol. The van der Waals surface area contributed by atoms with Gasteiger partial charge in [-0.3, -0.25) is 14.7 Å². The lowest BCUT2D eigenvalue weighted by molar-refractivity contribution is -0.120. The minimum atomic E-state index is 0. The largest absolute Gasteiger partial charge is 0.379 e. The van der Waals surface area contributed by atoms with Crippen molar-refractivity contribution in [3.63, 3.8) is 0 Å². The summed E-state index contributed by atoms with van der Waals surface area (Å²) in [5.41, 5.74) is 0.185. The third kappa shape index (κ3) is 7.19. The Kier molecular flexibility index (Phi) is 11.5. The fourth-order valence-corrected chi connectivity index (χ4v) is 3.81. The highest BCUT2D eigenvalue weighted by Crippen LogP contribution is 2.33. The first-order chi connectivity index (χ1) is 12.2. The van der Waals surface area contributed by atoms with E-state index in [1.165, 1.54) is 32.1 Å². The molecule has 1 saturated heterocycles. The van der Waals surface area contributed by atoms with Crippen molar-refractivity contribution in [1.82, 2.24) is 20.9 Å². The summed E-state index contributed by atoms with van der Waals surface area (Å²) in [4.78, 5) is 18.6. The number of amides is 1. The molecule has 1 amide bonds. The second-order valence-electron chi connectivity index (χ2n) is 7.01. The molecule has 0 atom stereocenters. The smallest absolute Gasteiger partial charge is 0.239 e. The van der Waals surface area contributed by atoms with Crippen LogP contribution in [0.5, 0.6) is 0 Å². The number of carbonyl (C=O) groups excluding carboxylic acids is 1. The number of aliphatic imine (C=N–C) groups is 1. The number of halogens is 1. The third-order valence-corrected chi connectivity index (χ3v) is 5.26. The molecule has 1 aliphatic heterocycles. The van der Waals surface area contributed by atoms with Gasteiger partial charge in [0.25, 0.3) is 0 Å². The van der Waals surface area contributed by atoms with Crippen LogP contribution in [0.2, 0.25) is 0 Å². The summed E-state index contributed by atoms with van der Waals surface area (Å²) in [6.45, 7) is 7.54. The molecule has 1 heterocycles. The molecule has 0 aromatic rings. The molecule has 1 saturated carbocycles. The Labute approximate surface area is 175 Å². The Morgan fingerprint density at radius 3 is 2.42 bits per heavy atom. The van der Waals surface area contributed by atoms with Crippen molar-refractivity contribution in [2.24, 2.45) is 4.99 Å². The van der Waals surface area contributed by atoms with Crippen LogP contribution in [0, 0.1) is 0 Å². The molecule has 0 aromatic heterocycles. The fourth-order valence-electron chi connectivity index (χ4n) is 3.81. The number of nitrogens with zero attached hydrogens (tertiary/aromatic N) is 2. The molecule has 2 fully saturated rings. The highest BCUT2D eigenvalue weighted by Gasteiger charge is 2.38. The van der Waals surface area contributed by atoms with Crippen molar-refractivity contribution in [2.45, 2.75) is 51.0 Å². The van der Waals surface area contributed by atoms with Crippen LogP contribution in [-0.4, -0.2) is 75.3 Å².